The molecule has 1 aromatic rings. The Balaban J connectivity index is 2.12. The van der Waals surface area contributed by atoms with Crippen molar-refractivity contribution in [3.05, 3.63) is 28.0 Å². The highest BCUT2D eigenvalue weighted by Crippen LogP contribution is 2.24. The van der Waals surface area contributed by atoms with Crippen LogP contribution < -0.4 is 10.6 Å². The third kappa shape index (κ3) is 2.84. The summed E-state index contributed by atoms with van der Waals surface area (Å²) in [5, 5.41) is 5.95. The standard InChI is InChI=1S/C12H14BrFN2O/c1-7-5-9(14)8(13)6-11(7)16-12(17)10-3-2-4-15-10/h5-6,10,15H,2-4H2,1H3,(H,16,17)/t10-/m0/s1. The highest BCUT2D eigenvalue weighted by molar-refractivity contribution is 9.10. The first-order chi connectivity index (χ1) is 8.08. The second-order valence-corrected chi connectivity index (χ2v) is 5.07. The Morgan fingerprint density at radius 3 is 3.00 bits per heavy atom. The normalized spacial score (nSPS) is 19.4. The molecule has 0 aromatic heterocycles. The van der Waals surface area contributed by atoms with Gasteiger partial charge in [-0.15, -0.1) is 0 Å². The van der Waals surface area contributed by atoms with Crippen molar-refractivity contribution in [2.24, 2.45) is 0 Å². The lowest BCUT2D eigenvalue weighted by Crippen LogP contribution is -2.35. The molecule has 1 aliphatic rings. The quantitative estimate of drug-likeness (QED) is 0.881. The van der Waals surface area contributed by atoms with Gasteiger partial charge in [0.1, 0.15) is 5.82 Å². The SMILES string of the molecule is Cc1cc(F)c(Br)cc1NC(=O)[C@@H]1CCCN1. The number of rotatable bonds is 2. The van der Waals surface area contributed by atoms with Crippen LogP contribution in [-0.4, -0.2) is 18.5 Å². The molecule has 1 aromatic carbocycles. The van der Waals surface area contributed by atoms with E-state index in [1.807, 2.05) is 0 Å². The lowest BCUT2D eigenvalue weighted by Gasteiger charge is -2.13. The molecule has 0 radical (unpaired) electrons. The van der Waals surface area contributed by atoms with Crippen LogP contribution in [0.1, 0.15) is 18.4 Å². The zero-order valence-corrected chi connectivity index (χ0v) is 11.1. The number of benzene rings is 1. The Morgan fingerprint density at radius 1 is 1.59 bits per heavy atom. The number of anilines is 1. The minimum Gasteiger partial charge on any atom is -0.324 e. The van der Waals surface area contributed by atoms with Crippen LogP contribution in [0.5, 0.6) is 0 Å². The minimum absolute atomic E-state index is 0.0518. The van der Waals surface area contributed by atoms with E-state index in [0.717, 1.165) is 24.9 Å². The summed E-state index contributed by atoms with van der Waals surface area (Å²) < 4.78 is 13.6. The molecule has 0 aliphatic carbocycles. The van der Waals surface area contributed by atoms with Crippen molar-refractivity contribution < 1.29 is 9.18 Å². The fourth-order valence-corrected chi connectivity index (χ4v) is 2.25. The summed E-state index contributed by atoms with van der Waals surface area (Å²) >= 11 is 3.11. The third-order valence-electron chi connectivity index (χ3n) is 2.90. The van der Waals surface area contributed by atoms with Gasteiger partial charge in [0.2, 0.25) is 5.91 Å². The molecule has 0 spiro atoms. The Morgan fingerprint density at radius 2 is 2.35 bits per heavy atom. The van der Waals surface area contributed by atoms with E-state index >= 15 is 0 Å². The van der Waals surface area contributed by atoms with Crippen molar-refractivity contribution >= 4 is 27.5 Å². The molecule has 3 nitrogen and oxygen atoms in total. The molecule has 1 fully saturated rings. The number of amides is 1. The van der Waals surface area contributed by atoms with Crippen LogP contribution in [0.15, 0.2) is 16.6 Å². The zero-order chi connectivity index (χ0) is 12.4. The van der Waals surface area contributed by atoms with E-state index in [1.165, 1.54) is 6.07 Å². The molecule has 1 atom stereocenters. The predicted molar refractivity (Wildman–Crippen MR) is 68.5 cm³/mol. The van der Waals surface area contributed by atoms with E-state index in [1.54, 1.807) is 13.0 Å². The summed E-state index contributed by atoms with van der Waals surface area (Å²) in [7, 11) is 0. The van der Waals surface area contributed by atoms with Gasteiger partial charge in [0.05, 0.1) is 10.5 Å². The molecule has 2 N–H and O–H groups in total. The summed E-state index contributed by atoms with van der Waals surface area (Å²) in [4.78, 5) is 11.9. The van der Waals surface area contributed by atoms with Gasteiger partial charge in [-0.05, 0) is 59.9 Å². The summed E-state index contributed by atoms with van der Waals surface area (Å²) in [6, 6.07) is 2.87. The molecule has 5 heteroatoms. The average molecular weight is 301 g/mol. The van der Waals surface area contributed by atoms with E-state index in [-0.39, 0.29) is 17.8 Å². The van der Waals surface area contributed by atoms with Gasteiger partial charge in [0.15, 0.2) is 0 Å². The van der Waals surface area contributed by atoms with Gasteiger partial charge in [0.25, 0.3) is 0 Å². The molecule has 2 rings (SSSR count). The number of carbonyl (C=O) groups is 1. The Hall–Kier alpha value is -0.940. The van der Waals surface area contributed by atoms with Gasteiger partial charge in [-0.2, -0.15) is 0 Å². The first-order valence-electron chi connectivity index (χ1n) is 5.58. The molecule has 1 amide bonds. The maximum Gasteiger partial charge on any atom is 0.241 e. The van der Waals surface area contributed by atoms with Crippen molar-refractivity contribution in [3.63, 3.8) is 0 Å². The van der Waals surface area contributed by atoms with E-state index in [0.29, 0.717) is 10.2 Å². The second kappa shape index (κ2) is 5.14. The number of aryl methyl sites for hydroxylation is 1. The topological polar surface area (TPSA) is 41.1 Å². The number of hydrogen-bond acceptors (Lipinski definition) is 2. The van der Waals surface area contributed by atoms with Gasteiger partial charge in [-0.1, -0.05) is 0 Å². The zero-order valence-electron chi connectivity index (χ0n) is 9.52. The number of carbonyl (C=O) groups excluding carboxylic acids is 1. The first-order valence-corrected chi connectivity index (χ1v) is 6.37. The van der Waals surface area contributed by atoms with E-state index in [9.17, 15) is 9.18 Å². The number of nitrogens with one attached hydrogen (secondary N) is 2. The Bertz CT molecular complexity index is 444. The van der Waals surface area contributed by atoms with Gasteiger partial charge >= 0.3 is 0 Å². The minimum atomic E-state index is -0.320. The van der Waals surface area contributed by atoms with E-state index in [4.69, 9.17) is 0 Å². The smallest absolute Gasteiger partial charge is 0.241 e. The van der Waals surface area contributed by atoms with Crippen LogP contribution in [0.2, 0.25) is 0 Å². The second-order valence-electron chi connectivity index (χ2n) is 4.22. The molecule has 17 heavy (non-hydrogen) atoms. The van der Waals surface area contributed by atoms with Gasteiger partial charge in [-0.25, -0.2) is 4.39 Å². The fourth-order valence-electron chi connectivity index (χ4n) is 1.91. The number of halogens is 2. The highest BCUT2D eigenvalue weighted by atomic mass is 79.9. The fraction of sp³-hybridized carbons (Fsp3) is 0.417. The van der Waals surface area contributed by atoms with Crippen molar-refractivity contribution in [2.45, 2.75) is 25.8 Å². The molecule has 0 bridgehead atoms. The summed E-state index contributed by atoms with van der Waals surface area (Å²) in [6.45, 7) is 2.65. The van der Waals surface area contributed by atoms with E-state index < -0.39 is 0 Å². The van der Waals surface area contributed by atoms with Gasteiger partial charge in [0, 0.05) is 5.69 Å². The van der Waals surface area contributed by atoms with Crippen LogP contribution >= 0.6 is 15.9 Å². The first kappa shape index (κ1) is 12.5. The maximum absolute atomic E-state index is 13.2. The van der Waals surface area contributed by atoms with E-state index in [2.05, 4.69) is 26.6 Å². The lowest BCUT2D eigenvalue weighted by atomic mass is 10.1. The summed E-state index contributed by atoms with van der Waals surface area (Å²) in [6.07, 6.45) is 1.87. The Labute approximate surface area is 108 Å². The van der Waals surface area contributed by atoms with Crippen molar-refractivity contribution in [1.29, 1.82) is 0 Å². The molecular weight excluding hydrogens is 287 g/mol. The molecule has 0 saturated carbocycles. The largest absolute Gasteiger partial charge is 0.324 e. The lowest BCUT2D eigenvalue weighted by molar-refractivity contribution is -0.117. The van der Waals surface area contributed by atoms with Crippen molar-refractivity contribution in [2.75, 3.05) is 11.9 Å². The Kier molecular flexibility index (Phi) is 3.79. The van der Waals surface area contributed by atoms with Crippen LogP contribution in [0.25, 0.3) is 0 Å². The number of hydrogen-bond donors (Lipinski definition) is 2. The monoisotopic (exact) mass is 300 g/mol. The third-order valence-corrected chi connectivity index (χ3v) is 3.51. The molecular formula is C12H14BrFN2O. The molecule has 92 valence electrons. The summed E-state index contributed by atoms with van der Waals surface area (Å²) in [5.41, 5.74) is 1.37. The van der Waals surface area contributed by atoms with Crippen molar-refractivity contribution in [1.82, 2.24) is 5.32 Å². The predicted octanol–water partition coefficient (Wildman–Crippen LogP) is 2.59. The van der Waals surface area contributed by atoms with Crippen LogP contribution in [0.4, 0.5) is 10.1 Å². The molecule has 0 unspecified atom stereocenters. The summed E-state index contributed by atoms with van der Waals surface area (Å²) in [5.74, 6) is -0.372. The van der Waals surface area contributed by atoms with Gasteiger partial charge < -0.3 is 10.6 Å². The molecule has 1 aliphatic heterocycles. The molecule has 1 heterocycles. The maximum atomic E-state index is 13.2. The molecule has 1 saturated heterocycles. The average Bonchev–Trinajstić information content (AvgIpc) is 2.79. The van der Waals surface area contributed by atoms with Crippen LogP contribution in [0.3, 0.4) is 0 Å². The highest BCUT2D eigenvalue weighted by Gasteiger charge is 2.22. The van der Waals surface area contributed by atoms with Crippen LogP contribution in [0, 0.1) is 12.7 Å². The van der Waals surface area contributed by atoms with Gasteiger partial charge in [-0.3, -0.25) is 4.79 Å². The van der Waals surface area contributed by atoms with Crippen molar-refractivity contribution in [3.8, 4) is 0 Å². The van der Waals surface area contributed by atoms with Crippen LogP contribution in [-0.2, 0) is 4.79 Å².